The van der Waals surface area contributed by atoms with Gasteiger partial charge >= 0.3 is 0 Å². The van der Waals surface area contributed by atoms with E-state index in [0.29, 0.717) is 35.5 Å². The molecule has 0 saturated carbocycles. The van der Waals surface area contributed by atoms with Gasteiger partial charge in [-0.2, -0.15) is 0 Å². The quantitative estimate of drug-likeness (QED) is 0.420. The summed E-state index contributed by atoms with van der Waals surface area (Å²) in [7, 11) is 5.05. The number of aryl methyl sites for hydroxylation is 2. The van der Waals surface area contributed by atoms with E-state index in [9.17, 15) is 4.79 Å². The van der Waals surface area contributed by atoms with E-state index in [1.165, 1.54) is 0 Å². The largest absolute Gasteiger partial charge is 0.497 e. The smallest absolute Gasteiger partial charge is 0.247 e. The highest BCUT2D eigenvalue weighted by atomic mass is 16.5. The van der Waals surface area contributed by atoms with Gasteiger partial charge in [0, 0.05) is 43.9 Å². The Morgan fingerprint density at radius 1 is 1.09 bits per heavy atom. The van der Waals surface area contributed by atoms with Gasteiger partial charge in [-0.25, -0.2) is 4.98 Å². The minimum atomic E-state index is -0.496. The molecule has 0 radical (unpaired) electrons. The molecule has 170 valence electrons. The number of carbonyl (C=O) groups excluding carboxylic acids is 1. The van der Waals surface area contributed by atoms with Gasteiger partial charge in [0.1, 0.15) is 23.4 Å². The molecule has 4 aromatic rings. The van der Waals surface area contributed by atoms with E-state index < -0.39 is 6.04 Å². The molecular weight excluding hydrogens is 422 g/mol. The zero-order valence-electron chi connectivity index (χ0n) is 18.7. The zero-order valence-corrected chi connectivity index (χ0v) is 18.7. The molecule has 9 nitrogen and oxygen atoms in total. The van der Waals surface area contributed by atoms with Gasteiger partial charge in [-0.15, -0.1) is 10.2 Å². The van der Waals surface area contributed by atoms with Crippen molar-refractivity contribution in [1.82, 2.24) is 25.1 Å². The topological polar surface area (TPSA) is 104 Å². The molecule has 0 spiro atoms. The van der Waals surface area contributed by atoms with Crippen LogP contribution in [0.15, 0.2) is 65.3 Å². The van der Waals surface area contributed by atoms with Crippen molar-refractivity contribution in [2.75, 3.05) is 14.2 Å². The van der Waals surface area contributed by atoms with E-state index in [-0.39, 0.29) is 12.3 Å². The first kappa shape index (κ1) is 22.1. The number of nitrogens with zero attached hydrogens (tertiary/aromatic N) is 4. The van der Waals surface area contributed by atoms with Gasteiger partial charge in [-0.1, -0.05) is 18.2 Å². The molecule has 1 N–H and O–H groups in total. The minimum Gasteiger partial charge on any atom is -0.497 e. The van der Waals surface area contributed by atoms with Crippen molar-refractivity contribution in [2.45, 2.75) is 18.9 Å². The molecule has 0 aliphatic rings. The lowest BCUT2D eigenvalue weighted by atomic mass is 10.0. The number of imidazole rings is 1. The Balaban J connectivity index is 1.50. The summed E-state index contributed by atoms with van der Waals surface area (Å²) >= 11 is 0. The number of hydrogen-bond donors (Lipinski definition) is 1. The molecular formula is C24H25N5O4. The first-order chi connectivity index (χ1) is 16.1. The van der Waals surface area contributed by atoms with Gasteiger partial charge in [0.2, 0.25) is 17.7 Å². The molecule has 1 atom stereocenters. The normalized spacial score (nSPS) is 11.7. The second-order valence-corrected chi connectivity index (χ2v) is 7.41. The van der Waals surface area contributed by atoms with Crippen molar-refractivity contribution in [3.05, 3.63) is 78.2 Å². The highest BCUT2D eigenvalue weighted by Crippen LogP contribution is 2.29. The van der Waals surface area contributed by atoms with Crippen molar-refractivity contribution in [3.63, 3.8) is 0 Å². The van der Waals surface area contributed by atoms with E-state index in [1.54, 1.807) is 26.5 Å². The SMILES string of the molecule is COc1cc(OC)cc(C(NC(=O)CCc2nnc(-c3ccccc3)o2)c2nccn2C)c1. The summed E-state index contributed by atoms with van der Waals surface area (Å²) in [5, 5.41) is 11.2. The minimum absolute atomic E-state index is 0.177. The van der Waals surface area contributed by atoms with Crippen LogP contribution in [0.1, 0.15) is 29.7 Å². The van der Waals surface area contributed by atoms with Crippen LogP contribution in [0.25, 0.3) is 11.5 Å². The molecule has 0 aliphatic heterocycles. The number of methoxy groups -OCH3 is 2. The molecule has 33 heavy (non-hydrogen) atoms. The van der Waals surface area contributed by atoms with Crippen LogP contribution in [0.4, 0.5) is 0 Å². The summed E-state index contributed by atoms with van der Waals surface area (Å²) in [5.41, 5.74) is 1.63. The molecule has 2 heterocycles. The summed E-state index contributed by atoms with van der Waals surface area (Å²) in [6.45, 7) is 0. The number of benzene rings is 2. The Bertz CT molecular complexity index is 1200. The first-order valence-electron chi connectivity index (χ1n) is 10.4. The molecule has 1 amide bonds. The van der Waals surface area contributed by atoms with Gasteiger partial charge in [0.25, 0.3) is 0 Å². The van der Waals surface area contributed by atoms with Crippen LogP contribution in [0.2, 0.25) is 0 Å². The van der Waals surface area contributed by atoms with Crippen molar-refractivity contribution in [2.24, 2.45) is 7.05 Å². The van der Waals surface area contributed by atoms with E-state index in [4.69, 9.17) is 13.9 Å². The van der Waals surface area contributed by atoms with Crippen LogP contribution >= 0.6 is 0 Å². The average molecular weight is 447 g/mol. The summed E-state index contributed by atoms with van der Waals surface area (Å²) in [6, 6.07) is 14.5. The lowest BCUT2D eigenvalue weighted by molar-refractivity contribution is -0.121. The summed E-state index contributed by atoms with van der Waals surface area (Å²) in [4.78, 5) is 17.3. The number of amides is 1. The Morgan fingerprint density at radius 3 is 2.45 bits per heavy atom. The maximum absolute atomic E-state index is 12.9. The van der Waals surface area contributed by atoms with Crippen LogP contribution in [0.5, 0.6) is 11.5 Å². The highest BCUT2D eigenvalue weighted by Gasteiger charge is 2.23. The van der Waals surface area contributed by atoms with Gasteiger partial charge < -0.3 is 23.8 Å². The van der Waals surface area contributed by atoms with Crippen LogP contribution in [0, 0.1) is 0 Å². The first-order valence-corrected chi connectivity index (χ1v) is 10.4. The fourth-order valence-corrected chi connectivity index (χ4v) is 3.45. The maximum Gasteiger partial charge on any atom is 0.247 e. The van der Waals surface area contributed by atoms with E-state index in [1.807, 2.05) is 60.3 Å². The third-order valence-corrected chi connectivity index (χ3v) is 5.18. The lowest BCUT2D eigenvalue weighted by Gasteiger charge is -2.20. The molecule has 0 saturated heterocycles. The van der Waals surface area contributed by atoms with Gasteiger partial charge in [-0.05, 0) is 29.8 Å². The number of nitrogens with one attached hydrogen (secondary N) is 1. The highest BCUT2D eigenvalue weighted by molar-refractivity contribution is 5.77. The third kappa shape index (κ3) is 5.20. The molecule has 4 rings (SSSR count). The predicted octanol–water partition coefficient (Wildman–Crippen LogP) is 3.33. The fourth-order valence-electron chi connectivity index (χ4n) is 3.45. The van der Waals surface area contributed by atoms with Crippen LogP contribution in [-0.4, -0.2) is 39.9 Å². The average Bonchev–Trinajstić information content (AvgIpc) is 3.50. The number of carbonyl (C=O) groups is 1. The summed E-state index contributed by atoms with van der Waals surface area (Å²) in [6.07, 6.45) is 4.02. The molecule has 0 fully saturated rings. The number of ether oxygens (including phenoxy) is 2. The van der Waals surface area contributed by atoms with Crippen LogP contribution < -0.4 is 14.8 Å². The Kier molecular flexibility index (Phi) is 6.68. The van der Waals surface area contributed by atoms with E-state index >= 15 is 0 Å². The maximum atomic E-state index is 12.9. The van der Waals surface area contributed by atoms with Crippen molar-refractivity contribution in [1.29, 1.82) is 0 Å². The molecule has 0 bridgehead atoms. The monoisotopic (exact) mass is 447 g/mol. The second-order valence-electron chi connectivity index (χ2n) is 7.41. The number of hydrogen-bond acceptors (Lipinski definition) is 7. The van der Waals surface area contributed by atoms with E-state index in [0.717, 1.165) is 11.1 Å². The van der Waals surface area contributed by atoms with Crippen molar-refractivity contribution >= 4 is 5.91 Å². The predicted molar refractivity (Wildman–Crippen MR) is 121 cm³/mol. The second kappa shape index (κ2) is 9.99. The van der Waals surface area contributed by atoms with Crippen LogP contribution in [-0.2, 0) is 18.3 Å². The fraction of sp³-hybridized carbons (Fsp3) is 0.250. The van der Waals surface area contributed by atoms with Gasteiger partial charge in [0.05, 0.1) is 14.2 Å². The summed E-state index contributed by atoms with van der Waals surface area (Å²) in [5.74, 6) is 2.59. The standard InChI is InChI=1S/C24H25N5O4/c1-29-12-11-25-23(29)22(17-13-18(31-2)15-19(14-17)32-3)26-20(30)9-10-21-27-28-24(33-21)16-7-5-4-6-8-16/h4-8,11-15,22H,9-10H2,1-3H3,(H,26,30). The Hall–Kier alpha value is -4.14. The van der Waals surface area contributed by atoms with Gasteiger partial charge in [0.15, 0.2) is 0 Å². The molecule has 1 unspecified atom stereocenters. The molecule has 0 aliphatic carbocycles. The molecule has 2 aromatic carbocycles. The van der Waals surface area contributed by atoms with E-state index in [2.05, 4.69) is 20.5 Å². The van der Waals surface area contributed by atoms with Crippen molar-refractivity contribution in [3.8, 4) is 23.0 Å². The van der Waals surface area contributed by atoms with Crippen LogP contribution in [0.3, 0.4) is 0 Å². The Labute approximate surface area is 191 Å². The molecule has 2 aromatic heterocycles. The number of aromatic nitrogens is 4. The van der Waals surface area contributed by atoms with Crippen molar-refractivity contribution < 1.29 is 18.7 Å². The summed E-state index contributed by atoms with van der Waals surface area (Å²) < 4.78 is 18.4. The Morgan fingerprint density at radius 2 is 1.82 bits per heavy atom. The number of rotatable bonds is 9. The molecule has 9 heteroatoms. The third-order valence-electron chi connectivity index (χ3n) is 5.18. The zero-order chi connectivity index (χ0) is 23.2. The lowest BCUT2D eigenvalue weighted by Crippen LogP contribution is -2.31. The van der Waals surface area contributed by atoms with Gasteiger partial charge in [-0.3, -0.25) is 4.79 Å².